The highest BCUT2D eigenvalue weighted by Crippen LogP contribution is 2.36. The number of aliphatic carboxylic acids is 1. The Morgan fingerprint density at radius 1 is 1.16 bits per heavy atom. The Morgan fingerprint density at radius 3 is 2.53 bits per heavy atom. The molecule has 0 spiro atoms. The van der Waals surface area contributed by atoms with Crippen molar-refractivity contribution in [3.8, 4) is 17.2 Å². The van der Waals surface area contributed by atoms with Gasteiger partial charge in [-0.05, 0) is 47.4 Å². The monoisotopic (exact) mass is 459 g/mol. The molecule has 2 aromatic rings. The molecule has 0 amide bonds. The molecule has 0 saturated carbocycles. The first-order valence-corrected chi connectivity index (χ1v) is 10.3. The quantitative estimate of drug-likeness (QED) is 0.235. The van der Waals surface area contributed by atoms with Crippen LogP contribution in [0.4, 0.5) is 0 Å². The van der Waals surface area contributed by atoms with E-state index in [1.54, 1.807) is 37.5 Å². The van der Waals surface area contributed by atoms with Crippen LogP contribution < -0.4 is 14.2 Å². The normalized spacial score (nSPS) is 13.2. The lowest BCUT2D eigenvalue weighted by Crippen LogP contribution is -2.25. The molecule has 8 heteroatoms. The van der Waals surface area contributed by atoms with Gasteiger partial charge in [-0.1, -0.05) is 44.0 Å². The largest absolute Gasteiger partial charge is 0.497 e. The van der Waals surface area contributed by atoms with E-state index in [1.165, 1.54) is 25.5 Å². The average Bonchev–Trinajstić information content (AvgIpc) is 2.78. The van der Waals surface area contributed by atoms with Gasteiger partial charge in [-0.15, -0.1) is 0 Å². The molecule has 2 aromatic carbocycles. The van der Waals surface area contributed by atoms with Gasteiger partial charge in [0.15, 0.2) is 11.5 Å². The smallest absolute Gasteiger partial charge is 0.336 e. The molecule has 1 N–H and O–H groups in total. The molecule has 170 valence electrons. The Bertz CT molecular complexity index is 1020. The summed E-state index contributed by atoms with van der Waals surface area (Å²) in [5.41, 5.74) is 1.29. The Hall–Kier alpha value is -3.32. The molecule has 0 aromatic heterocycles. The number of carboxylic acid groups (broad SMARTS) is 1. The number of rotatable bonds is 10. The van der Waals surface area contributed by atoms with Gasteiger partial charge in [-0.2, -0.15) is 0 Å². The summed E-state index contributed by atoms with van der Waals surface area (Å²) in [6, 6.07) is 9.42. The van der Waals surface area contributed by atoms with Crippen LogP contribution in [0.3, 0.4) is 0 Å². The Morgan fingerprint density at radius 2 is 1.91 bits per heavy atom. The average molecular weight is 460 g/mol. The number of carboxylic acids is 1. The molecule has 0 bridgehead atoms. The minimum absolute atomic E-state index is 0.0586. The van der Waals surface area contributed by atoms with Crippen molar-refractivity contribution in [2.24, 2.45) is 10.9 Å². The first-order valence-electron chi connectivity index (χ1n) is 9.96. The van der Waals surface area contributed by atoms with E-state index in [1.807, 2.05) is 19.9 Å². The van der Waals surface area contributed by atoms with Crippen LogP contribution in [0.2, 0.25) is 5.02 Å². The van der Waals surface area contributed by atoms with Crippen LogP contribution in [0.25, 0.3) is 6.08 Å². The summed E-state index contributed by atoms with van der Waals surface area (Å²) >= 11 is 6.31. The molecule has 0 aliphatic carbocycles. The highest BCUT2D eigenvalue weighted by molar-refractivity contribution is 6.32. The maximum absolute atomic E-state index is 12.3. The van der Waals surface area contributed by atoms with Gasteiger partial charge in [0.25, 0.3) is 0 Å². The van der Waals surface area contributed by atoms with E-state index in [0.29, 0.717) is 17.7 Å². The first-order chi connectivity index (χ1) is 15.3. The van der Waals surface area contributed by atoms with E-state index >= 15 is 0 Å². The number of carbonyl (C=O) groups is 2. The summed E-state index contributed by atoms with van der Waals surface area (Å²) in [5, 5.41) is 9.51. The summed E-state index contributed by atoms with van der Waals surface area (Å²) in [6.45, 7) is 3.73. The van der Waals surface area contributed by atoms with Gasteiger partial charge in [-0.25, -0.2) is 9.59 Å². The summed E-state index contributed by atoms with van der Waals surface area (Å²) in [6.07, 6.45) is 4.96. The second kappa shape index (κ2) is 11.9. The fraction of sp³-hybridized carbons (Fsp3) is 0.292. The molecule has 0 aliphatic heterocycles. The van der Waals surface area contributed by atoms with Crippen molar-refractivity contribution < 1.29 is 28.9 Å². The van der Waals surface area contributed by atoms with Gasteiger partial charge < -0.3 is 19.3 Å². The number of aliphatic imine (C=N–C) groups is 1. The molecular formula is C24H26ClNO6. The van der Waals surface area contributed by atoms with Gasteiger partial charge >= 0.3 is 11.9 Å². The number of esters is 1. The number of hydrogen-bond acceptors (Lipinski definition) is 6. The lowest BCUT2D eigenvalue weighted by atomic mass is 10.00. The number of halogens is 1. The molecule has 0 saturated heterocycles. The second-order valence-electron chi connectivity index (χ2n) is 7.01. The van der Waals surface area contributed by atoms with E-state index in [9.17, 15) is 14.7 Å². The molecule has 32 heavy (non-hydrogen) atoms. The maximum atomic E-state index is 12.3. The number of hydrogen-bond donors (Lipinski definition) is 1. The first kappa shape index (κ1) is 24.9. The van der Waals surface area contributed by atoms with Crippen molar-refractivity contribution in [3.63, 3.8) is 0 Å². The predicted molar refractivity (Wildman–Crippen MR) is 124 cm³/mol. The molecule has 0 heterocycles. The van der Waals surface area contributed by atoms with Gasteiger partial charge in [0.1, 0.15) is 11.8 Å². The molecule has 0 fully saturated rings. The highest BCUT2D eigenvalue weighted by Gasteiger charge is 2.22. The van der Waals surface area contributed by atoms with Crippen molar-refractivity contribution in [1.29, 1.82) is 0 Å². The van der Waals surface area contributed by atoms with Crippen LogP contribution in [0, 0.1) is 5.92 Å². The third-order valence-electron chi connectivity index (χ3n) is 4.78. The Kier molecular flexibility index (Phi) is 9.28. The standard InChI is InChI=1S/C24H26ClNO6/c1-5-15(2)22(24(28)29)26-14-17-12-19(25)23(20(13-17)31-4)32-21(27)10-9-16-7-6-8-18(11-16)30-3/h6-15,22H,5H2,1-4H3,(H,28,29)/b10-9+,26-14+. The number of benzene rings is 2. The molecule has 0 aliphatic rings. The van der Waals surface area contributed by atoms with E-state index in [2.05, 4.69) is 4.99 Å². The van der Waals surface area contributed by atoms with Crippen molar-refractivity contribution in [1.82, 2.24) is 0 Å². The molecule has 2 atom stereocenters. The maximum Gasteiger partial charge on any atom is 0.336 e. The lowest BCUT2D eigenvalue weighted by molar-refractivity contribution is -0.139. The van der Waals surface area contributed by atoms with E-state index in [0.717, 1.165) is 5.56 Å². The zero-order valence-corrected chi connectivity index (χ0v) is 19.1. The van der Waals surface area contributed by atoms with Gasteiger partial charge in [0, 0.05) is 12.3 Å². The van der Waals surface area contributed by atoms with E-state index in [4.69, 9.17) is 25.8 Å². The van der Waals surface area contributed by atoms with Crippen molar-refractivity contribution in [2.75, 3.05) is 14.2 Å². The van der Waals surface area contributed by atoms with Crippen molar-refractivity contribution >= 4 is 35.8 Å². The zero-order valence-electron chi connectivity index (χ0n) is 18.4. The zero-order chi connectivity index (χ0) is 23.7. The minimum Gasteiger partial charge on any atom is -0.497 e. The second-order valence-corrected chi connectivity index (χ2v) is 7.42. The SMILES string of the molecule is CCC(C)C(/N=C/c1cc(Cl)c(OC(=O)/C=C/c2cccc(OC)c2)c(OC)c1)C(=O)O. The van der Waals surface area contributed by atoms with E-state index < -0.39 is 18.0 Å². The summed E-state index contributed by atoms with van der Waals surface area (Å²) in [4.78, 5) is 27.9. The van der Waals surface area contributed by atoms with Crippen LogP contribution in [0.5, 0.6) is 17.2 Å². The highest BCUT2D eigenvalue weighted by atomic mass is 35.5. The number of methoxy groups -OCH3 is 2. The van der Waals surface area contributed by atoms with Crippen LogP contribution in [0.15, 0.2) is 47.5 Å². The van der Waals surface area contributed by atoms with Gasteiger partial charge in [0.2, 0.25) is 0 Å². The summed E-state index contributed by atoms with van der Waals surface area (Å²) < 4.78 is 15.8. The summed E-state index contributed by atoms with van der Waals surface area (Å²) in [5.74, 6) is -0.821. The van der Waals surface area contributed by atoms with Crippen LogP contribution in [0.1, 0.15) is 31.4 Å². The van der Waals surface area contributed by atoms with E-state index in [-0.39, 0.29) is 22.4 Å². The molecular weight excluding hydrogens is 434 g/mol. The topological polar surface area (TPSA) is 94.4 Å². The Balaban J connectivity index is 2.20. The Labute approximate surface area is 192 Å². The lowest BCUT2D eigenvalue weighted by Gasteiger charge is -2.14. The molecule has 7 nitrogen and oxygen atoms in total. The van der Waals surface area contributed by atoms with Crippen LogP contribution >= 0.6 is 11.6 Å². The third kappa shape index (κ3) is 6.85. The number of ether oxygens (including phenoxy) is 3. The number of carbonyl (C=O) groups excluding carboxylic acids is 1. The summed E-state index contributed by atoms with van der Waals surface area (Å²) in [7, 11) is 2.97. The molecule has 0 radical (unpaired) electrons. The van der Waals surface area contributed by atoms with Crippen LogP contribution in [-0.2, 0) is 9.59 Å². The minimum atomic E-state index is -0.998. The number of nitrogens with zero attached hydrogens (tertiary/aromatic N) is 1. The van der Waals surface area contributed by atoms with Gasteiger partial charge in [0.05, 0.1) is 19.2 Å². The molecule has 2 unspecified atom stereocenters. The predicted octanol–water partition coefficient (Wildman–Crippen LogP) is 4.89. The van der Waals surface area contributed by atoms with Crippen molar-refractivity contribution in [2.45, 2.75) is 26.3 Å². The van der Waals surface area contributed by atoms with Crippen LogP contribution in [-0.4, -0.2) is 43.5 Å². The van der Waals surface area contributed by atoms with Gasteiger partial charge in [-0.3, -0.25) is 4.99 Å². The third-order valence-corrected chi connectivity index (χ3v) is 5.06. The molecule has 2 rings (SSSR count). The van der Waals surface area contributed by atoms with Crippen molar-refractivity contribution in [3.05, 3.63) is 58.6 Å². The fourth-order valence-corrected chi connectivity index (χ4v) is 3.06. The fourth-order valence-electron chi connectivity index (χ4n) is 2.80.